The zero-order valence-electron chi connectivity index (χ0n) is 13.8. The van der Waals surface area contributed by atoms with Gasteiger partial charge in [-0.2, -0.15) is 0 Å². The molecule has 0 aliphatic carbocycles. The van der Waals surface area contributed by atoms with Crippen molar-refractivity contribution in [3.05, 3.63) is 35.6 Å². The lowest BCUT2D eigenvalue weighted by Crippen LogP contribution is -2.29. The molecule has 2 atom stereocenters. The van der Waals surface area contributed by atoms with E-state index < -0.39 is 0 Å². The zero-order valence-corrected chi connectivity index (χ0v) is 13.8. The summed E-state index contributed by atoms with van der Waals surface area (Å²) in [7, 11) is 1.96. The molecule has 0 aromatic heterocycles. The van der Waals surface area contributed by atoms with Gasteiger partial charge in [-0.3, -0.25) is 0 Å². The number of halogens is 1. The van der Waals surface area contributed by atoms with Crippen LogP contribution >= 0.6 is 0 Å². The summed E-state index contributed by atoms with van der Waals surface area (Å²) in [4.78, 5) is 2.56. The molecular weight excluding hydrogens is 263 g/mol. The van der Waals surface area contributed by atoms with Crippen LogP contribution in [0.5, 0.6) is 0 Å². The Kier molecular flexibility index (Phi) is 5.39. The molecule has 0 bridgehead atoms. The van der Waals surface area contributed by atoms with Crippen LogP contribution in [0.1, 0.15) is 45.2 Å². The number of hydrogen-bond donors (Lipinski definition) is 1. The second-order valence-corrected chi connectivity index (χ2v) is 7.34. The van der Waals surface area contributed by atoms with E-state index >= 15 is 0 Å². The Bertz CT molecular complexity index is 453. The topological polar surface area (TPSA) is 15.3 Å². The average Bonchev–Trinajstić information content (AvgIpc) is 2.88. The van der Waals surface area contributed by atoms with E-state index in [0.29, 0.717) is 5.41 Å². The van der Waals surface area contributed by atoms with E-state index in [0.717, 1.165) is 24.4 Å². The van der Waals surface area contributed by atoms with E-state index in [1.807, 2.05) is 13.1 Å². The minimum Gasteiger partial charge on any atom is -0.313 e. The molecule has 2 unspecified atom stereocenters. The van der Waals surface area contributed by atoms with Crippen LogP contribution in [0.3, 0.4) is 0 Å². The number of hydrogen-bond acceptors (Lipinski definition) is 2. The number of nitrogens with one attached hydrogen (secondary N) is 1. The lowest BCUT2D eigenvalue weighted by molar-refractivity contribution is 0.225. The Labute approximate surface area is 128 Å². The molecule has 1 heterocycles. The molecule has 1 fully saturated rings. The lowest BCUT2D eigenvalue weighted by Gasteiger charge is -2.27. The highest BCUT2D eigenvalue weighted by atomic mass is 19.1. The minimum absolute atomic E-state index is 0.151. The Morgan fingerprint density at radius 2 is 2.14 bits per heavy atom. The molecule has 21 heavy (non-hydrogen) atoms. The number of rotatable bonds is 5. The van der Waals surface area contributed by atoms with Gasteiger partial charge >= 0.3 is 0 Å². The molecular formula is C18H29FN2. The van der Waals surface area contributed by atoms with E-state index in [4.69, 9.17) is 0 Å². The first-order chi connectivity index (χ1) is 9.90. The van der Waals surface area contributed by atoms with Crippen molar-refractivity contribution in [2.24, 2.45) is 11.3 Å². The third-order valence-electron chi connectivity index (χ3n) is 4.83. The third-order valence-corrected chi connectivity index (χ3v) is 4.83. The lowest BCUT2D eigenvalue weighted by atomic mass is 9.80. The summed E-state index contributed by atoms with van der Waals surface area (Å²) in [6.07, 6.45) is 2.32. The second-order valence-electron chi connectivity index (χ2n) is 7.34. The van der Waals surface area contributed by atoms with Crippen LogP contribution in [0.25, 0.3) is 0 Å². The Morgan fingerprint density at radius 1 is 1.38 bits per heavy atom. The van der Waals surface area contributed by atoms with Crippen molar-refractivity contribution in [2.45, 2.75) is 39.7 Å². The van der Waals surface area contributed by atoms with Crippen LogP contribution in [0.2, 0.25) is 0 Å². The van der Waals surface area contributed by atoms with Gasteiger partial charge in [-0.05, 0) is 62.0 Å². The molecule has 1 aliphatic rings. The van der Waals surface area contributed by atoms with Gasteiger partial charge in [0, 0.05) is 12.6 Å². The van der Waals surface area contributed by atoms with Gasteiger partial charge in [0.2, 0.25) is 0 Å². The number of benzene rings is 1. The van der Waals surface area contributed by atoms with Gasteiger partial charge in [-0.25, -0.2) is 4.39 Å². The summed E-state index contributed by atoms with van der Waals surface area (Å²) in [6.45, 7) is 10.5. The predicted molar refractivity (Wildman–Crippen MR) is 86.8 cm³/mol. The maximum absolute atomic E-state index is 13.3. The summed E-state index contributed by atoms with van der Waals surface area (Å²) in [5.74, 6) is 0.640. The van der Waals surface area contributed by atoms with Crippen LogP contribution < -0.4 is 5.32 Å². The largest absolute Gasteiger partial charge is 0.313 e. The summed E-state index contributed by atoms with van der Waals surface area (Å²) in [5.41, 5.74) is 1.45. The van der Waals surface area contributed by atoms with Crippen molar-refractivity contribution in [1.82, 2.24) is 10.2 Å². The van der Waals surface area contributed by atoms with E-state index in [9.17, 15) is 4.39 Å². The summed E-state index contributed by atoms with van der Waals surface area (Å²) in [5, 5.41) is 3.32. The van der Waals surface area contributed by atoms with Crippen LogP contribution in [0, 0.1) is 17.2 Å². The van der Waals surface area contributed by atoms with Crippen LogP contribution in [0.15, 0.2) is 24.3 Å². The van der Waals surface area contributed by atoms with Gasteiger partial charge < -0.3 is 10.2 Å². The minimum atomic E-state index is -0.151. The third kappa shape index (κ3) is 4.52. The zero-order chi connectivity index (χ0) is 15.5. The molecule has 1 aromatic carbocycles. The fourth-order valence-electron chi connectivity index (χ4n) is 3.26. The monoisotopic (exact) mass is 292 g/mol. The Hall–Kier alpha value is -0.930. The number of nitrogens with zero attached hydrogens (tertiary/aromatic N) is 1. The SMILES string of the molecule is CNC(CCN1CCC(C(C)(C)C)C1)c1cccc(F)c1. The van der Waals surface area contributed by atoms with Gasteiger partial charge in [0.1, 0.15) is 5.82 Å². The Balaban J connectivity index is 1.87. The predicted octanol–water partition coefficient (Wildman–Crippen LogP) is 3.84. The van der Waals surface area contributed by atoms with Crippen LogP contribution in [-0.2, 0) is 0 Å². The fraction of sp³-hybridized carbons (Fsp3) is 0.667. The van der Waals surface area contributed by atoms with Gasteiger partial charge in [0.05, 0.1) is 0 Å². The molecule has 0 saturated carbocycles. The average molecular weight is 292 g/mol. The molecule has 1 N–H and O–H groups in total. The van der Waals surface area contributed by atoms with Gasteiger partial charge in [0.25, 0.3) is 0 Å². The van der Waals surface area contributed by atoms with Crippen molar-refractivity contribution in [3.63, 3.8) is 0 Å². The van der Waals surface area contributed by atoms with E-state index in [-0.39, 0.29) is 11.9 Å². The van der Waals surface area contributed by atoms with Crippen molar-refractivity contribution in [2.75, 3.05) is 26.7 Å². The molecule has 1 aliphatic heterocycles. The summed E-state index contributed by atoms with van der Waals surface area (Å²) in [6, 6.07) is 7.18. The van der Waals surface area contributed by atoms with Crippen molar-refractivity contribution in [3.8, 4) is 0 Å². The maximum Gasteiger partial charge on any atom is 0.123 e. The normalized spacial score (nSPS) is 21.7. The molecule has 3 heteroatoms. The molecule has 0 spiro atoms. The summed E-state index contributed by atoms with van der Waals surface area (Å²) < 4.78 is 13.3. The van der Waals surface area contributed by atoms with Crippen molar-refractivity contribution >= 4 is 0 Å². The molecule has 0 radical (unpaired) electrons. The first-order valence-corrected chi connectivity index (χ1v) is 8.05. The van der Waals surface area contributed by atoms with E-state index in [1.54, 1.807) is 12.1 Å². The standard InChI is InChI=1S/C18H29FN2/c1-18(2,3)15-8-10-21(13-15)11-9-17(20-4)14-6-5-7-16(19)12-14/h5-7,12,15,17,20H,8-11,13H2,1-4H3. The highest BCUT2D eigenvalue weighted by molar-refractivity contribution is 5.20. The van der Waals surface area contributed by atoms with Gasteiger partial charge in [-0.15, -0.1) is 0 Å². The molecule has 1 aromatic rings. The first kappa shape index (κ1) is 16.4. The maximum atomic E-state index is 13.3. The van der Waals surface area contributed by atoms with Gasteiger partial charge in [-0.1, -0.05) is 32.9 Å². The molecule has 1 saturated heterocycles. The molecule has 2 rings (SSSR count). The highest BCUT2D eigenvalue weighted by Gasteiger charge is 2.31. The molecule has 0 amide bonds. The van der Waals surface area contributed by atoms with Crippen LogP contribution in [-0.4, -0.2) is 31.6 Å². The smallest absolute Gasteiger partial charge is 0.123 e. The van der Waals surface area contributed by atoms with Gasteiger partial charge in [0.15, 0.2) is 0 Å². The van der Waals surface area contributed by atoms with Crippen molar-refractivity contribution in [1.29, 1.82) is 0 Å². The molecule has 2 nitrogen and oxygen atoms in total. The Morgan fingerprint density at radius 3 is 2.71 bits per heavy atom. The van der Waals surface area contributed by atoms with Crippen LogP contribution in [0.4, 0.5) is 4.39 Å². The molecule has 118 valence electrons. The summed E-state index contributed by atoms with van der Waals surface area (Å²) >= 11 is 0. The first-order valence-electron chi connectivity index (χ1n) is 8.05. The second kappa shape index (κ2) is 6.89. The van der Waals surface area contributed by atoms with E-state index in [1.165, 1.54) is 25.6 Å². The van der Waals surface area contributed by atoms with E-state index in [2.05, 4.69) is 31.0 Å². The highest BCUT2D eigenvalue weighted by Crippen LogP contribution is 2.33. The van der Waals surface area contributed by atoms with Crippen molar-refractivity contribution < 1.29 is 4.39 Å². The quantitative estimate of drug-likeness (QED) is 0.887. The number of likely N-dealkylation sites (tertiary alicyclic amines) is 1. The fourth-order valence-corrected chi connectivity index (χ4v) is 3.26.